The summed E-state index contributed by atoms with van der Waals surface area (Å²) in [7, 11) is -1.34. The zero-order chi connectivity index (χ0) is 64.9. The van der Waals surface area contributed by atoms with E-state index >= 15 is 0 Å². The average Bonchev–Trinajstić information content (AvgIpc) is 1.80. The number of benzene rings is 3. The number of aromatic amines is 3. The molecule has 0 radical (unpaired) electrons. The average molecular weight is 1330 g/mol. The molecule has 28 heteroatoms. The number of nitrogens with zero attached hydrogens (tertiary/aromatic N) is 3. The number of fused-ring (bicyclic) bond motifs is 3. The Morgan fingerprint density at radius 2 is 0.725 bits per heavy atom. The van der Waals surface area contributed by atoms with E-state index in [4.69, 9.17) is 10.0 Å². The van der Waals surface area contributed by atoms with Gasteiger partial charge in [-0.05, 0) is 128 Å². The molecule has 480 valence electrons. The lowest BCUT2D eigenvalue weighted by Gasteiger charge is -2.30. The van der Waals surface area contributed by atoms with Gasteiger partial charge in [0.25, 0.3) is 0 Å². The molecule has 3 aliphatic carbocycles. The van der Waals surface area contributed by atoms with Crippen LogP contribution in [0.2, 0.25) is 0 Å². The largest absolute Gasteiger partial charge is 0.488 e. The molecule has 3 saturated carbocycles. The number of rotatable bonds is 9. The predicted octanol–water partition coefficient (Wildman–Crippen LogP) is 14.9. The third kappa shape index (κ3) is 18.7. The van der Waals surface area contributed by atoms with Crippen LogP contribution in [0, 0.1) is 17.8 Å². The van der Waals surface area contributed by atoms with Crippen molar-refractivity contribution in [2.75, 3.05) is 16.0 Å². The first kappa shape index (κ1) is 66.8. The van der Waals surface area contributed by atoms with Crippen LogP contribution in [-0.4, -0.2) is 102 Å². The molecular weight excluding hydrogens is 1270 g/mol. The van der Waals surface area contributed by atoms with Crippen LogP contribution < -0.4 is 37.4 Å². The fourth-order valence-corrected chi connectivity index (χ4v) is 11.6. The Labute approximate surface area is 524 Å². The maximum atomic E-state index is 12.8. The third-order valence-corrected chi connectivity index (χ3v) is 16.6. The molecule has 17 nitrogen and oxygen atoms in total. The number of aromatic nitrogens is 6. The number of urea groups is 3. The number of nitrogens with one attached hydrogen (secondary N) is 9. The van der Waals surface area contributed by atoms with Crippen molar-refractivity contribution in [2.24, 2.45) is 17.8 Å². The number of anilines is 3. The predicted molar refractivity (Wildman–Crippen MR) is 335 cm³/mol. The lowest BCUT2D eigenvalue weighted by atomic mass is 9.81. The van der Waals surface area contributed by atoms with Gasteiger partial charge < -0.3 is 56.9 Å². The van der Waals surface area contributed by atoms with Crippen LogP contribution >= 0.6 is 15.9 Å². The number of halogens is 10. The van der Waals surface area contributed by atoms with Crippen molar-refractivity contribution in [2.45, 2.75) is 114 Å². The molecule has 6 heterocycles. The van der Waals surface area contributed by atoms with Gasteiger partial charge in [0.1, 0.15) is 16.9 Å². The highest BCUT2D eigenvalue weighted by atomic mass is 79.9. The van der Waals surface area contributed by atoms with E-state index in [-0.39, 0.29) is 56.7 Å². The van der Waals surface area contributed by atoms with Gasteiger partial charge in [-0.1, -0.05) is 91.0 Å². The van der Waals surface area contributed by atoms with Gasteiger partial charge in [0.2, 0.25) is 0 Å². The quantitative estimate of drug-likeness (QED) is 0.0489. The Hall–Kier alpha value is -8.63. The Balaban J connectivity index is 0.000000151. The summed E-state index contributed by atoms with van der Waals surface area (Å²) in [5.41, 5.74) is 8.05. The maximum Gasteiger partial charge on any atom is 0.488 e. The van der Waals surface area contributed by atoms with E-state index in [1.807, 2.05) is 84.9 Å². The van der Waals surface area contributed by atoms with Gasteiger partial charge in [-0.25, -0.2) is 29.3 Å². The SMILES string of the molecule is O=C(Nc1c[nH]c2ncc(-c3ccccc3)cc12)NC1CCC(C(F)(F)F)CC1.O=C(Nc1c[nH]c2ncc(-c3ccccc3)cc12)NC1CCC(C(F)(F)F)CC1.O=C(Nc1c[nH]c2ncc(Br)cc12)NC1CCC(C(F)(F)F)CC1.OB(O)c1ccccc1. The van der Waals surface area contributed by atoms with Gasteiger partial charge in [0, 0.05) is 87.1 Å². The number of hydrogen-bond acceptors (Lipinski definition) is 8. The van der Waals surface area contributed by atoms with Crippen LogP contribution in [0.4, 0.5) is 71.0 Å². The zero-order valence-corrected chi connectivity index (χ0v) is 50.2. The maximum absolute atomic E-state index is 12.8. The lowest BCUT2D eigenvalue weighted by molar-refractivity contribution is -0.183. The fraction of sp³-hybridized carbons (Fsp3) is 0.333. The van der Waals surface area contributed by atoms with E-state index in [2.05, 4.69) is 77.7 Å². The smallest absolute Gasteiger partial charge is 0.423 e. The minimum Gasteiger partial charge on any atom is -0.423 e. The van der Waals surface area contributed by atoms with E-state index in [1.54, 1.807) is 61.4 Å². The molecule has 0 atom stereocenters. The number of carbonyl (C=O) groups is 3. The van der Waals surface area contributed by atoms with E-state index in [0.717, 1.165) is 42.9 Å². The van der Waals surface area contributed by atoms with Crippen LogP contribution in [0.3, 0.4) is 0 Å². The van der Waals surface area contributed by atoms with Crippen molar-refractivity contribution in [3.63, 3.8) is 0 Å². The number of amides is 6. The zero-order valence-electron chi connectivity index (χ0n) is 48.6. The Kier molecular flexibility index (Phi) is 22.0. The summed E-state index contributed by atoms with van der Waals surface area (Å²) in [6.07, 6.45) is -0.0746. The molecule has 3 aromatic carbocycles. The number of H-pyrrole nitrogens is 3. The standard InChI is InChI=1S/2C21H21F3N4O.C15H16BrF3N4O.C6H7BO2/c2*22-21(23,24)15-6-8-16(9-7-15)27-20(29)28-18-12-26-19-17(18)10-14(11-25-19)13-4-2-1-3-5-13;16-9-5-11-12(7-21-13(11)20-6-9)23-14(24)22-10-3-1-8(2-4-10)15(17,18)19;8-7(9)6-4-2-1-3-5-6/h2*1-5,10-12,15-16H,6-9H2,(H,25,26)(H2,27,28,29);5-8,10H,1-4H2,(H,20,21)(H2,22,23,24);1-5,8-9H. The molecule has 0 unspecified atom stereocenters. The Bertz CT molecular complexity index is 3670. The molecule has 0 bridgehead atoms. The van der Waals surface area contributed by atoms with Crippen LogP contribution in [0.1, 0.15) is 77.0 Å². The second kappa shape index (κ2) is 30.0. The molecule has 91 heavy (non-hydrogen) atoms. The van der Waals surface area contributed by atoms with Crippen molar-refractivity contribution < 1.29 is 63.9 Å². The first-order valence-electron chi connectivity index (χ1n) is 29.4. The highest BCUT2D eigenvalue weighted by Crippen LogP contribution is 2.40. The van der Waals surface area contributed by atoms with Crippen molar-refractivity contribution in [3.05, 3.63) is 151 Å². The molecule has 6 amide bonds. The Morgan fingerprint density at radius 3 is 1.02 bits per heavy atom. The lowest BCUT2D eigenvalue weighted by Crippen LogP contribution is -2.41. The normalized spacial score (nSPS) is 19.3. The Morgan fingerprint density at radius 1 is 0.429 bits per heavy atom. The summed E-state index contributed by atoms with van der Waals surface area (Å²) in [4.78, 5) is 58.8. The third-order valence-electron chi connectivity index (χ3n) is 16.2. The molecular formula is C63H65BBrF9N12O5. The second-order valence-corrected chi connectivity index (χ2v) is 23.4. The first-order chi connectivity index (χ1) is 43.4. The molecule has 0 spiro atoms. The molecule has 12 rings (SSSR count). The monoisotopic (exact) mass is 1330 g/mol. The summed E-state index contributed by atoms with van der Waals surface area (Å²) in [5, 5.41) is 36.1. The summed E-state index contributed by atoms with van der Waals surface area (Å²) < 4.78 is 115. The minimum absolute atomic E-state index is 0.0475. The summed E-state index contributed by atoms with van der Waals surface area (Å²) in [6.45, 7) is 0. The van der Waals surface area contributed by atoms with Crippen LogP contribution in [0.15, 0.2) is 151 Å². The number of alkyl halides is 9. The molecule has 9 aromatic rings. The van der Waals surface area contributed by atoms with Crippen molar-refractivity contribution in [1.29, 1.82) is 0 Å². The van der Waals surface area contributed by atoms with Gasteiger partial charge in [0.05, 0.1) is 34.8 Å². The van der Waals surface area contributed by atoms with Gasteiger partial charge in [-0.2, -0.15) is 39.5 Å². The van der Waals surface area contributed by atoms with Crippen molar-refractivity contribution in [1.82, 2.24) is 45.9 Å². The van der Waals surface area contributed by atoms with Crippen molar-refractivity contribution in [3.8, 4) is 22.3 Å². The summed E-state index contributed by atoms with van der Waals surface area (Å²) in [5.74, 6) is -3.78. The number of hydrogen-bond donors (Lipinski definition) is 11. The molecule has 11 N–H and O–H groups in total. The van der Waals surface area contributed by atoms with E-state index in [1.165, 1.54) is 0 Å². The number of carbonyl (C=O) groups excluding carboxylic acids is 3. The van der Waals surface area contributed by atoms with E-state index < -0.39 is 61.5 Å². The van der Waals surface area contributed by atoms with Crippen LogP contribution in [-0.2, 0) is 0 Å². The first-order valence-corrected chi connectivity index (χ1v) is 30.2. The van der Waals surface area contributed by atoms with Gasteiger partial charge >= 0.3 is 43.7 Å². The van der Waals surface area contributed by atoms with Crippen LogP contribution in [0.5, 0.6) is 0 Å². The molecule has 0 aliphatic heterocycles. The van der Waals surface area contributed by atoms with Crippen LogP contribution in [0.25, 0.3) is 55.4 Å². The molecule has 3 aliphatic rings. The van der Waals surface area contributed by atoms with Gasteiger partial charge in [0.15, 0.2) is 0 Å². The molecule has 0 saturated heterocycles. The summed E-state index contributed by atoms with van der Waals surface area (Å²) >= 11 is 3.32. The second-order valence-electron chi connectivity index (χ2n) is 22.5. The highest BCUT2D eigenvalue weighted by molar-refractivity contribution is 9.10. The summed E-state index contributed by atoms with van der Waals surface area (Å²) in [6, 6.07) is 31.9. The molecule has 6 aromatic heterocycles. The van der Waals surface area contributed by atoms with Gasteiger partial charge in [-0.3, -0.25) is 0 Å². The van der Waals surface area contributed by atoms with Gasteiger partial charge in [-0.15, -0.1) is 0 Å². The van der Waals surface area contributed by atoms with E-state index in [0.29, 0.717) is 78.0 Å². The molecule has 3 fully saturated rings. The topological polar surface area (TPSA) is 250 Å². The van der Waals surface area contributed by atoms with E-state index in [9.17, 15) is 53.9 Å². The van der Waals surface area contributed by atoms with Crippen molar-refractivity contribution >= 4 is 96.8 Å². The minimum atomic E-state index is -4.15. The number of pyridine rings is 3. The highest BCUT2D eigenvalue weighted by Gasteiger charge is 2.44. The fourth-order valence-electron chi connectivity index (χ4n) is 11.2.